The van der Waals surface area contributed by atoms with Crippen LogP contribution < -0.4 is 10.1 Å². The van der Waals surface area contributed by atoms with Gasteiger partial charge in [-0.3, -0.25) is 4.79 Å². The minimum atomic E-state index is -0.0973. The Balaban J connectivity index is 1.36. The summed E-state index contributed by atoms with van der Waals surface area (Å²) in [5, 5.41) is 5.78. The summed E-state index contributed by atoms with van der Waals surface area (Å²) in [4.78, 5) is 21.1. The molecule has 0 radical (unpaired) electrons. The first-order chi connectivity index (χ1) is 15.1. The number of aryl methyl sites for hydroxylation is 2. The number of thioether (sulfide) groups is 1. The van der Waals surface area contributed by atoms with Gasteiger partial charge in [0.05, 0.1) is 5.75 Å². The third-order valence-electron chi connectivity index (χ3n) is 4.65. The Kier molecular flexibility index (Phi) is 6.48. The van der Waals surface area contributed by atoms with E-state index in [0.717, 1.165) is 39.2 Å². The van der Waals surface area contributed by atoms with Crippen molar-refractivity contribution in [3.63, 3.8) is 0 Å². The lowest BCUT2D eigenvalue weighted by molar-refractivity contribution is -0.113. The average molecular weight is 430 g/mol. The van der Waals surface area contributed by atoms with E-state index in [-0.39, 0.29) is 11.7 Å². The predicted octanol–water partition coefficient (Wildman–Crippen LogP) is 5.56. The Morgan fingerprint density at radius 1 is 0.935 bits per heavy atom. The molecule has 0 spiro atoms. The SMILES string of the molecule is Cc1cc(C)nc(SCC(=O)Nc2cccc(COc3cccc4ccccc34)c2)n1. The van der Waals surface area contributed by atoms with E-state index in [1.807, 2.05) is 68.4 Å². The lowest BCUT2D eigenvalue weighted by atomic mass is 10.1. The van der Waals surface area contributed by atoms with Crippen molar-refractivity contribution < 1.29 is 9.53 Å². The van der Waals surface area contributed by atoms with Crippen molar-refractivity contribution >= 4 is 34.1 Å². The van der Waals surface area contributed by atoms with Crippen molar-refractivity contribution in [3.8, 4) is 5.75 Å². The number of nitrogens with zero attached hydrogens (tertiary/aromatic N) is 2. The van der Waals surface area contributed by atoms with E-state index in [4.69, 9.17) is 4.74 Å². The molecule has 0 saturated carbocycles. The van der Waals surface area contributed by atoms with Gasteiger partial charge in [0, 0.05) is 22.5 Å². The molecule has 4 aromatic rings. The van der Waals surface area contributed by atoms with E-state index < -0.39 is 0 Å². The Hall–Kier alpha value is -3.38. The summed E-state index contributed by atoms with van der Waals surface area (Å²) < 4.78 is 6.06. The number of carbonyl (C=O) groups is 1. The summed E-state index contributed by atoms with van der Waals surface area (Å²) in [6.07, 6.45) is 0. The Morgan fingerprint density at radius 2 is 1.68 bits per heavy atom. The fourth-order valence-corrected chi connectivity index (χ4v) is 4.06. The highest BCUT2D eigenvalue weighted by atomic mass is 32.2. The molecule has 1 aromatic heterocycles. The molecule has 3 aromatic carbocycles. The molecule has 0 atom stereocenters. The fourth-order valence-electron chi connectivity index (χ4n) is 3.31. The number of ether oxygens (including phenoxy) is 1. The second-order valence-corrected chi connectivity index (χ2v) is 8.18. The average Bonchev–Trinajstić information content (AvgIpc) is 2.76. The largest absolute Gasteiger partial charge is 0.488 e. The number of benzene rings is 3. The monoisotopic (exact) mass is 429 g/mol. The molecular formula is C25H23N3O2S. The van der Waals surface area contributed by atoms with Gasteiger partial charge in [-0.1, -0.05) is 60.3 Å². The van der Waals surface area contributed by atoms with Gasteiger partial charge in [0.1, 0.15) is 12.4 Å². The minimum Gasteiger partial charge on any atom is -0.488 e. The summed E-state index contributed by atoms with van der Waals surface area (Å²) >= 11 is 1.33. The maximum atomic E-state index is 12.4. The highest BCUT2D eigenvalue weighted by molar-refractivity contribution is 7.99. The maximum Gasteiger partial charge on any atom is 0.234 e. The minimum absolute atomic E-state index is 0.0973. The first-order valence-corrected chi connectivity index (χ1v) is 11.0. The van der Waals surface area contributed by atoms with Crippen LogP contribution >= 0.6 is 11.8 Å². The molecule has 0 saturated heterocycles. The van der Waals surface area contributed by atoms with Crippen molar-refractivity contribution in [2.45, 2.75) is 25.6 Å². The van der Waals surface area contributed by atoms with Gasteiger partial charge >= 0.3 is 0 Å². The Bertz CT molecular complexity index is 1200. The first-order valence-electron chi connectivity index (χ1n) is 10.0. The summed E-state index contributed by atoms with van der Waals surface area (Å²) in [7, 11) is 0. The third-order valence-corrected chi connectivity index (χ3v) is 5.50. The number of anilines is 1. The second kappa shape index (κ2) is 9.62. The highest BCUT2D eigenvalue weighted by Crippen LogP contribution is 2.26. The Labute approximate surface area is 185 Å². The second-order valence-electron chi connectivity index (χ2n) is 7.24. The topological polar surface area (TPSA) is 64.1 Å². The molecule has 5 nitrogen and oxygen atoms in total. The third kappa shape index (κ3) is 5.61. The molecule has 0 aliphatic rings. The molecule has 0 bridgehead atoms. The van der Waals surface area contributed by atoms with Crippen molar-refractivity contribution in [1.82, 2.24) is 9.97 Å². The zero-order valence-electron chi connectivity index (χ0n) is 17.5. The lowest BCUT2D eigenvalue weighted by Crippen LogP contribution is -2.14. The number of nitrogens with one attached hydrogen (secondary N) is 1. The lowest BCUT2D eigenvalue weighted by Gasteiger charge is -2.11. The van der Waals surface area contributed by atoms with Gasteiger partial charge in [-0.05, 0) is 49.1 Å². The van der Waals surface area contributed by atoms with Gasteiger partial charge in [0.25, 0.3) is 0 Å². The fraction of sp³-hybridized carbons (Fsp3) is 0.160. The van der Waals surface area contributed by atoms with Crippen LogP contribution in [0.3, 0.4) is 0 Å². The van der Waals surface area contributed by atoms with Crippen LogP contribution in [0.15, 0.2) is 78.0 Å². The molecule has 31 heavy (non-hydrogen) atoms. The number of fused-ring (bicyclic) bond motifs is 1. The first kappa shape index (κ1) is 20.9. The quantitative estimate of drug-likeness (QED) is 0.308. The summed E-state index contributed by atoms with van der Waals surface area (Å²) in [5.74, 6) is 0.997. The van der Waals surface area contributed by atoms with Gasteiger partial charge < -0.3 is 10.1 Å². The molecule has 0 unspecified atom stereocenters. The summed E-state index contributed by atoms with van der Waals surface area (Å²) in [6, 6.07) is 23.8. The van der Waals surface area contributed by atoms with E-state index in [1.165, 1.54) is 11.8 Å². The molecule has 0 aliphatic carbocycles. The number of hydrogen-bond acceptors (Lipinski definition) is 5. The van der Waals surface area contributed by atoms with Gasteiger partial charge in [0.15, 0.2) is 5.16 Å². The van der Waals surface area contributed by atoms with Gasteiger partial charge in [-0.25, -0.2) is 9.97 Å². The maximum absolute atomic E-state index is 12.4. The molecule has 156 valence electrons. The van der Waals surface area contributed by atoms with Crippen LogP contribution in [0.2, 0.25) is 0 Å². The predicted molar refractivity (Wildman–Crippen MR) is 126 cm³/mol. The van der Waals surface area contributed by atoms with Crippen LogP contribution in [0.5, 0.6) is 5.75 Å². The molecule has 1 heterocycles. The molecule has 1 N–H and O–H groups in total. The normalized spacial score (nSPS) is 10.8. The zero-order chi connectivity index (χ0) is 21.6. The molecule has 6 heteroatoms. The van der Waals surface area contributed by atoms with E-state index in [9.17, 15) is 4.79 Å². The van der Waals surface area contributed by atoms with Crippen molar-refractivity contribution in [2.24, 2.45) is 0 Å². The summed E-state index contributed by atoms with van der Waals surface area (Å²) in [6.45, 7) is 4.26. The van der Waals surface area contributed by atoms with Crippen LogP contribution in [0.4, 0.5) is 5.69 Å². The number of aromatic nitrogens is 2. The van der Waals surface area contributed by atoms with E-state index in [1.54, 1.807) is 0 Å². The molecular weight excluding hydrogens is 406 g/mol. The van der Waals surface area contributed by atoms with Crippen molar-refractivity contribution in [2.75, 3.05) is 11.1 Å². The van der Waals surface area contributed by atoms with E-state index in [2.05, 4.69) is 33.5 Å². The highest BCUT2D eigenvalue weighted by Gasteiger charge is 2.08. The molecule has 0 aliphatic heterocycles. The van der Waals surface area contributed by atoms with Crippen LogP contribution in [0.1, 0.15) is 17.0 Å². The molecule has 0 fully saturated rings. The number of rotatable bonds is 7. The standard InChI is InChI=1S/C25H23N3O2S/c1-17-13-18(2)27-25(26-17)31-16-24(29)28-21-10-5-7-19(14-21)15-30-23-12-6-9-20-8-3-4-11-22(20)23/h3-14H,15-16H2,1-2H3,(H,28,29). The van der Waals surface area contributed by atoms with Gasteiger partial charge in [0.2, 0.25) is 5.91 Å². The smallest absolute Gasteiger partial charge is 0.234 e. The Morgan fingerprint density at radius 3 is 2.52 bits per heavy atom. The molecule has 4 rings (SSSR count). The number of hydrogen-bond donors (Lipinski definition) is 1. The van der Waals surface area contributed by atoms with Crippen LogP contribution in [0, 0.1) is 13.8 Å². The van der Waals surface area contributed by atoms with Gasteiger partial charge in [-0.2, -0.15) is 0 Å². The van der Waals surface area contributed by atoms with Crippen LogP contribution in [-0.4, -0.2) is 21.6 Å². The van der Waals surface area contributed by atoms with Crippen molar-refractivity contribution in [1.29, 1.82) is 0 Å². The zero-order valence-corrected chi connectivity index (χ0v) is 18.3. The summed E-state index contributed by atoms with van der Waals surface area (Å²) in [5.41, 5.74) is 3.52. The number of carbonyl (C=O) groups excluding carboxylic acids is 1. The van der Waals surface area contributed by atoms with Crippen LogP contribution in [-0.2, 0) is 11.4 Å². The number of amides is 1. The molecule has 1 amide bonds. The van der Waals surface area contributed by atoms with E-state index >= 15 is 0 Å². The van der Waals surface area contributed by atoms with Gasteiger partial charge in [-0.15, -0.1) is 0 Å². The van der Waals surface area contributed by atoms with Crippen LogP contribution in [0.25, 0.3) is 10.8 Å². The van der Waals surface area contributed by atoms with E-state index in [0.29, 0.717) is 11.8 Å². The van der Waals surface area contributed by atoms with Crippen molar-refractivity contribution in [3.05, 3.63) is 89.7 Å².